The summed E-state index contributed by atoms with van der Waals surface area (Å²) in [6.07, 6.45) is -1.89. The van der Waals surface area contributed by atoms with Crippen molar-refractivity contribution >= 4 is 0 Å². The third-order valence-corrected chi connectivity index (χ3v) is 0.559. The summed E-state index contributed by atoms with van der Waals surface area (Å²) in [5.41, 5.74) is 0. The number of rotatable bonds is 5. The van der Waals surface area contributed by atoms with Gasteiger partial charge in [-0.15, -0.1) is 0 Å². The maximum atomic E-state index is 11.7. The molecule has 2 nitrogen and oxygen atoms in total. The van der Waals surface area contributed by atoms with Crippen LogP contribution in [0.2, 0.25) is 0 Å². The van der Waals surface area contributed by atoms with E-state index in [0.717, 1.165) is 6.79 Å². The Hall–Kier alpha value is -0.220. The van der Waals surface area contributed by atoms with Gasteiger partial charge in [-0.05, 0) is 6.92 Å². The monoisotopic (exact) mass is 139 g/mol. The van der Waals surface area contributed by atoms with E-state index in [9.17, 15) is 8.78 Å². The molecular formula is C5H9F2O2. The molecule has 0 aromatic carbocycles. The fourth-order valence-corrected chi connectivity index (χ4v) is 0.204. The Balaban J connectivity index is 2.88. The molecule has 1 unspecified atom stereocenters. The highest BCUT2D eigenvalue weighted by Gasteiger charge is 2.03. The van der Waals surface area contributed by atoms with Gasteiger partial charge in [0.2, 0.25) is 13.2 Å². The van der Waals surface area contributed by atoms with Crippen LogP contribution < -0.4 is 0 Å². The number of hydrogen-bond acceptors (Lipinski definition) is 2. The first-order chi connectivity index (χ1) is 4.31. The average molecular weight is 139 g/mol. The molecule has 0 aliphatic heterocycles. The smallest absolute Gasteiger partial charge is 0.230 e. The number of ether oxygens (including phenoxy) is 2. The summed E-state index contributed by atoms with van der Waals surface area (Å²) < 4.78 is 31.5. The summed E-state index contributed by atoms with van der Waals surface area (Å²) in [7, 11) is 0. The van der Waals surface area contributed by atoms with Crippen molar-refractivity contribution in [2.24, 2.45) is 0 Å². The van der Waals surface area contributed by atoms with Crippen molar-refractivity contribution in [3.8, 4) is 0 Å². The van der Waals surface area contributed by atoms with Crippen LogP contribution in [-0.4, -0.2) is 19.6 Å². The predicted molar refractivity (Wildman–Crippen MR) is 27.9 cm³/mol. The zero-order valence-electron chi connectivity index (χ0n) is 5.14. The molecule has 0 aromatic rings. The van der Waals surface area contributed by atoms with Gasteiger partial charge in [-0.3, -0.25) is 0 Å². The lowest BCUT2D eigenvalue weighted by Gasteiger charge is -2.02. The van der Waals surface area contributed by atoms with Crippen LogP contribution in [0.4, 0.5) is 8.78 Å². The Morgan fingerprint density at radius 1 is 1.67 bits per heavy atom. The zero-order chi connectivity index (χ0) is 7.11. The van der Waals surface area contributed by atoms with Crippen LogP contribution in [0, 0.1) is 6.79 Å². The van der Waals surface area contributed by atoms with Gasteiger partial charge in [-0.25, -0.2) is 8.78 Å². The van der Waals surface area contributed by atoms with E-state index in [4.69, 9.17) is 0 Å². The van der Waals surface area contributed by atoms with E-state index in [1.807, 2.05) is 0 Å². The summed E-state index contributed by atoms with van der Waals surface area (Å²) in [6, 6.07) is 0. The fraction of sp³-hybridized carbons (Fsp3) is 0.800. The first kappa shape index (κ1) is 8.78. The second kappa shape index (κ2) is 5.91. The van der Waals surface area contributed by atoms with Crippen molar-refractivity contribution in [3.05, 3.63) is 6.79 Å². The molecule has 0 saturated heterocycles. The van der Waals surface area contributed by atoms with Crippen molar-refractivity contribution in [2.75, 3.05) is 13.3 Å². The van der Waals surface area contributed by atoms with Gasteiger partial charge in [0.15, 0.2) is 0 Å². The highest BCUT2D eigenvalue weighted by Crippen LogP contribution is 1.96. The lowest BCUT2D eigenvalue weighted by atomic mass is 10.8. The van der Waals surface area contributed by atoms with Crippen molar-refractivity contribution < 1.29 is 18.3 Å². The third kappa shape index (κ3) is 5.65. The molecule has 0 rings (SSSR count). The summed E-state index contributed by atoms with van der Waals surface area (Å²) >= 11 is 0. The van der Waals surface area contributed by atoms with Crippen molar-refractivity contribution in [1.82, 2.24) is 0 Å². The molecule has 0 heterocycles. The number of alkyl halides is 2. The highest BCUT2D eigenvalue weighted by molar-refractivity contribution is 4.36. The van der Waals surface area contributed by atoms with E-state index in [1.165, 1.54) is 0 Å². The Bertz CT molecular complexity index is 60.9. The third-order valence-electron chi connectivity index (χ3n) is 0.559. The minimum atomic E-state index is -1.89. The largest absolute Gasteiger partial charge is 0.348 e. The van der Waals surface area contributed by atoms with E-state index in [-0.39, 0.29) is 0 Å². The number of hydrogen-bond donors (Lipinski definition) is 0. The fourth-order valence-electron chi connectivity index (χ4n) is 0.204. The molecule has 0 fully saturated rings. The summed E-state index contributed by atoms with van der Waals surface area (Å²) in [4.78, 5) is 0. The maximum Gasteiger partial charge on any atom is 0.230 e. The van der Waals surface area contributed by atoms with Crippen LogP contribution in [0.1, 0.15) is 6.92 Å². The molecule has 0 bridgehead atoms. The van der Waals surface area contributed by atoms with E-state index in [1.54, 1.807) is 6.92 Å². The van der Waals surface area contributed by atoms with Crippen LogP contribution >= 0.6 is 0 Å². The van der Waals surface area contributed by atoms with E-state index in [0.29, 0.717) is 6.61 Å². The maximum absolute atomic E-state index is 11.7. The quantitative estimate of drug-likeness (QED) is 0.536. The summed E-state index contributed by atoms with van der Waals surface area (Å²) in [5.74, 6) is 0. The van der Waals surface area contributed by atoms with Gasteiger partial charge in [0.1, 0.15) is 6.67 Å². The van der Waals surface area contributed by atoms with Gasteiger partial charge < -0.3 is 9.47 Å². The van der Waals surface area contributed by atoms with Gasteiger partial charge in [0.05, 0.1) is 0 Å². The molecule has 4 heteroatoms. The summed E-state index contributed by atoms with van der Waals surface area (Å²) in [5, 5.41) is 0. The van der Waals surface area contributed by atoms with E-state index < -0.39 is 13.0 Å². The average Bonchev–Trinajstić information content (AvgIpc) is 1.89. The van der Waals surface area contributed by atoms with Crippen LogP contribution in [-0.2, 0) is 9.47 Å². The van der Waals surface area contributed by atoms with Gasteiger partial charge in [0, 0.05) is 6.61 Å². The Morgan fingerprint density at radius 3 is 2.78 bits per heavy atom. The SMILES string of the molecule is CCO[CH]OC(F)CF. The Kier molecular flexibility index (Phi) is 5.76. The second-order valence-corrected chi connectivity index (χ2v) is 1.25. The normalized spacial score (nSPS) is 13.7. The van der Waals surface area contributed by atoms with Crippen LogP contribution in [0.15, 0.2) is 0 Å². The van der Waals surface area contributed by atoms with Crippen LogP contribution in [0.3, 0.4) is 0 Å². The van der Waals surface area contributed by atoms with Gasteiger partial charge >= 0.3 is 0 Å². The molecule has 9 heavy (non-hydrogen) atoms. The molecule has 0 N–H and O–H groups in total. The van der Waals surface area contributed by atoms with Crippen LogP contribution in [0.5, 0.6) is 0 Å². The zero-order valence-corrected chi connectivity index (χ0v) is 5.14. The van der Waals surface area contributed by atoms with Gasteiger partial charge in [0.25, 0.3) is 0 Å². The predicted octanol–water partition coefficient (Wildman–Crippen LogP) is 1.42. The minimum Gasteiger partial charge on any atom is -0.348 e. The molecule has 1 atom stereocenters. The summed E-state index contributed by atoms with van der Waals surface area (Å²) in [6.45, 7) is 1.75. The molecule has 0 saturated carbocycles. The number of halogens is 2. The Morgan fingerprint density at radius 2 is 2.33 bits per heavy atom. The first-order valence-electron chi connectivity index (χ1n) is 2.60. The molecule has 0 amide bonds. The van der Waals surface area contributed by atoms with Gasteiger partial charge in [-0.1, -0.05) is 0 Å². The molecular weight excluding hydrogens is 130 g/mol. The second-order valence-electron chi connectivity index (χ2n) is 1.25. The van der Waals surface area contributed by atoms with E-state index >= 15 is 0 Å². The van der Waals surface area contributed by atoms with Crippen molar-refractivity contribution in [1.29, 1.82) is 0 Å². The molecule has 0 spiro atoms. The molecule has 0 aliphatic carbocycles. The Labute approximate surface area is 52.8 Å². The lowest BCUT2D eigenvalue weighted by Crippen LogP contribution is -2.07. The molecule has 1 radical (unpaired) electrons. The lowest BCUT2D eigenvalue weighted by molar-refractivity contribution is -0.0849. The molecule has 0 aliphatic rings. The highest BCUT2D eigenvalue weighted by atomic mass is 19.2. The minimum absolute atomic E-state index is 0.388. The first-order valence-corrected chi connectivity index (χ1v) is 2.60. The van der Waals surface area contributed by atoms with Crippen molar-refractivity contribution in [3.63, 3.8) is 0 Å². The van der Waals surface area contributed by atoms with Gasteiger partial charge in [-0.2, -0.15) is 0 Å². The van der Waals surface area contributed by atoms with Crippen molar-refractivity contribution in [2.45, 2.75) is 13.3 Å². The molecule has 55 valence electrons. The van der Waals surface area contributed by atoms with E-state index in [2.05, 4.69) is 9.47 Å². The standard InChI is InChI=1S/C5H9F2O2/c1-2-8-4-9-5(7)3-6/h4-5H,2-3H2,1H3. The molecule has 0 aromatic heterocycles. The topological polar surface area (TPSA) is 18.5 Å². The van der Waals surface area contributed by atoms with Crippen LogP contribution in [0.25, 0.3) is 0 Å².